The molecule has 0 aliphatic rings. The summed E-state index contributed by atoms with van der Waals surface area (Å²) >= 11 is 1.23. The molecule has 0 spiro atoms. The van der Waals surface area contributed by atoms with Gasteiger partial charge in [0.1, 0.15) is 5.82 Å². The van der Waals surface area contributed by atoms with Gasteiger partial charge in [-0.25, -0.2) is 4.39 Å². The minimum absolute atomic E-state index is 0.0316. The molecule has 20 heavy (non-hydrogen) atoms. The maximum Gasteiger partial charge on any atom is 0.307 e. The van der Waals surface area contributed by atoms with Gasteiger partial charge in [-0.05, 0) is 35.9 Å². The monoisotopic (exact) mass is 287 g/mol. The Kier molecular flexibility index (Phi) is 4.38. The molecule has 2 aromatic carbocycles. The first kappa shape index (κ1) is 14.1. The van der Waals surface area contributed by atoms with Crippen LogP contribution in [0.4, 0.5) is 4.39 Å². The van der Waals surface area contributed by atoms with E-state index in [1.54, 1.807) is 36.4 Å². The molecule has 3 nitrogen and oxygen atoms in total. The zero-order valence-corrected chi connectivity index (χ0v) is 11.2. The van der Waals surface area contributed by atoms with Crippen LogP contribution < -0.4 is 0 Å². The third-order valence-electron chi connectivity index (χ3n) is 2.57. The molecule has 0 aromatic heterocycles. The van der Waals surface area contributed by atoms with Crippen LogP contribution in [0, 0.1) is 17.1 Å². The zero-order chi connectivity index (χ0) is 14.5. The summed E-state index contributed by atoms with van der Waals surface area (Å²) in [6.45, 7) is 0. The topological polar surface area (TPSA) is 61.1 Å². The Bertz CT molecular complexity index is 677. The molecular weight excluding hydrogens is 277 g/mol. The summed E-state index contributed by atoms with van der Waals surface area (Å²) in [6.07, 6.45) is -0.0316. The highest BCUT2D eigenvalue weighted by molar-refractivity contribution is 7.99. The van der Waals surface area contributed by atoms with Gasteiger partial charge in [0.15, 0.2) is 0 Å². The molecule has 5 heteroatoms. The summed E-state index contributed by atoms with van der Waals surface area (Å²) < 4.78 is 13.7. The van der Waals surface area contributed by atoms with E-state index in [0.29, 0.717) is 10.5 Å². The van der Waals surface area contributed by atoms with E-state index in [9.17, 15) is 9.18 Å². The maximum atomic E-state index is 13.7. The quantitative estimate of drug-likeness (QED) is 0.935. The highest BCUT2D eigenvalue weighted by atomic mass is 32.2. The van der Waals surface area contributed by atoms with E-state index < -0.39 is 11.8 Å². The van der Waals surface area contributed by atoms with E-state index in [-0.39, 0.29) is 12.0 Å². The second kappa shape index (κ2) is 6.22. The molecule has 0 aliphatic carbocycles. The van der Waals surface area contributed by atoms with Gasteiger partial charge in [0, 0.05) is 9.79 Å². The van der Waals surface area contributed by atoms with E-state index in [2.05, 4.69) is 0 Å². The Morgan fingerprint density at radius 1 is 1.25 bits per heavy atom. The molecule has 0 amide bonds. The van der Waals surface area contributed by atoms with E-state index >= 15 is 0 Å². The van der Waals surface area contributed by atoms with Crippen molar-refractivity contribution in [3.8, 4) is 6.07 Å². The fourth-order valence-corrected chi connectivity index (χ4v) is 2.45. The van der Waals surface area contributed by atoms with Crippen LogP contribution in [-0.2, 0) is 11.2 Å². The van der Waals surface area contributed by atoms with Gasteiger partial charge in [0.2, 0.25) is 0 Å². The Balaban J connectivity index is 2.14. The van der Waals surface area contributed by atoms with Gasteiger partial charge in [-0.1, -0.05) is 23.9 Å². The fraction of sp³-hybridized carbons (Fsp3) is 0.0667. The van der Waals surface area contributed by atoms with Gasteiger partial charge in [0.25, 0.3) is 0 Å². The van der Waals surface area contributed by atoms with Crippen molar-refractivity contribution in [1.82, 2.24) is 0 Å². The number of hydrogen-bond donors (Lipinski definition) is 1. The van der Waals surface area contributed by atoms with Crippen molar-refractivity contribution in [2.75, 3.05) is 0 Å². The fourth-order valence-electron chi connectivity index (χ4n) is 1.63. The van der Waals surface area contributed by atoms with Crippen LogP contribution in [0.15, 0.2) is 52.3 Å². The van der Waals surface area contributed by atoms with Gasteiger partial charge in [0.05, 0.1) is 18.1 Å². The number of aliphatic carboxylic acids is 1. The molecule has 100 valence electrons. The number of nitrogens with zero attached hydrogens (tertiary/aromatic N) is 1. The molecule has 0 aliphatic heterocycles. The lowest BCUT2D eigenvalue weighted by molar-refractivity contribution is -0.136. The normalized spacial score (nSPS) is 10.0. The average molecular weight is 287 g/mol. The van der Waals surface area contributed by atoms with Crippen LogP contribution in [0.1, 0.15) is 11.1 Å². The van der Waals surface area contributed by atoms with Crippen molar-refractivity contribution >= 4 is 17.7 Å². The molecule has 2 aromatic rings. The third kappa shape index (κ3) is 3.59. The molecule has 0 atom stereocenters. The minimum atomic E-state index is -0.886. The number of rotatable bonds is 4. The number of carbonyl (C=O) groups is 1. The number of hydrogen-bond acceptors (Lipinski definition) is 3. The summed E-state index contributed by atoms with van der Waals surface area (Å²) in [6, 6.07) is 13.1. The van der Waals surface area contributed by atoms with Gasteiger partial charge in [-0.3, -0.25) is 4.79 Å². The number of carboxylic acids is 1. The van der Waals surface area contributed by atoms with Crippen LogP contribution in [0.2, 0.25) is 0 Å². The van der Waals surface area contributed by atoms with E-state index in [0.717, 1.165) is 4.90 Å². The first-order valence-electron chi connectivity index (χ1n) is 5.77. The summed E-state index contributed by atoms with van der Waals surface area (Å²) in [7, 11) is 0. The van der Waals surface area contributed by atoms with Crippen LogP contribution in [0.3, 0.4) is 0 Å². The van der Waals surface area contributed by atoms with Crippen molar-refractivity contribution < 1.29 is 14.3 Å². The molecule has 0 unspecified atom stereocenters. The molecule has 0 saturated carbocycles. The van der Waals surface area contributed by atoms with Crippen molar-refractivity contribution in [3.05, 3.63) is 59.4 Å². The van der Waals surface area contributed by atoms with E-state index in [1.165, 1.54) is 17.8 Å². The van der Waals surface area contributed by atoms with Crippen LogP contribution >= 0.6 is 11.8 Å². The Labute approximate surface area is 119 Å². The molecule has 1 N–H and O–H groups in total. The molecule has 0 heterocycles. The maximum absolute atomic E-state index is 13.7. The largest absolute Gasteiger partial charge is 0.481 e. The van der Waals surface area contributed by atoms with Crippen molar-refractivity contribution in [3.63, 3.8) is 0 Å². The Morgan fingerprint density at radius 3 is 2.50 bits per heavy atom. The SMILES string of the molecule is N#Cc1ccc(Sc2ccc(CC(=O)O)cc2)c(F)c1. The lowest BCUT2D eigenvalue weighted by atomic mass is 10.2. The Morgan fingerprint density at radius 2 is 1.95 bits per heavy atom. The van der Waals surface area contributed by atoms with Crippen molar-refractivity contribution in [2.45, 2.75) is 16.2 Å². The molecular formula is C15H10FNO2S. The second-order valence-corrected chi connectivity index (χ2v) is 5.19. The predicted octanol–water partition coefficient (Wildman–Crippen LogP) is 3.48. The number of halogens is 1. The van der Waals surface area contributed by atoms with Crippen LogP contribution in [0.25, 0.3) is 0 Å². The highest BCUT2D eigenvalue weighted by Gasteiger charge is 2.06. The predicted molar refractivity (Wildman–Crippen MR) is 73.0 cm³/mol. The molecule has 2 rings (SSSR count). The van der Waals surface area contributed by atoms with Gasteiger partial charge in [-0.2, -0.15) is 5.26 Å². The first-order chi connectivity index (χ1) is 9.58. The second-order valence-electron chi connectivity index (χ2n) is 4.07. The zero-order valence-electron chi connectivity index (χ0n) is 10.3. The van der Waals surface area contributed by atoms with E-state index in [1.807, 2.05) is 6.07 Å². The van der Waals surface area contributed by atoms with Gasteiger partial charge < -0.3 is 5.11 Å². The minimum Gasteiger partial charge on any atom is -0.481 e. The standard InChI is InChI=1S/C15H10FNO2S/c16-13-7-11(9-17)3-6-14(13)20-12-4-1-10(2-5-12)8-15(18)19/h1-7H,8H2,(H,18,19). The van der Waals surface area contributed by atoms with Gasteiger partial charge >= 0.3 is 5.97 Å². The Hall–Kier alpha value is -2.32. The van der Waals surface area contributed by atoms with Crippen LogP contribution in [0.5, 0.6) is 0 Å². The first-order valence-corrected chi connectivity index (χ1v) is 6.58. The lowest BCUT2D eigenvalue weighted by Crippen LogP contribution is -1.99. The summed E-state index contributed by atoms with van der Waals surface area (Å²) in [5.74, 6) is -1.33. The summed E-state index contributed by atoms with van der Waals surface area (Å²) in [4.78, 5) is 11.8. The third-order valence-corrected chi connectivity index (χ3v) is 3.63. The van der Waals surface area contributed by atoms with Crippen molar-refractivity contribution in [1.29, 1.82) is 5.26 Å². The van der Waals surface area contributed by atoms with Crippen molar-refractivity contribution in [2.24, 2.45) is 0 Å². The lowest BCUT2D eigenvalue weighted by Gasteiger charge is -2.04. The average Bonchev–Trinajstić information content (AvgIpc) is 2.42. The number of nitriles is 1. The van der Waals surface area contributed by atoms with E-state index in [4.69, 9.17) is 10.4 Å². The highest BCUT2D eigenvalue weighted by Crippen LogP contribution is 2.30. The molecule has 0 saturated heterocycles. The molecule has 0 fully saturated rings. The molecule has 0 bridgehead atoms. The summed E-state index contributed by atoms with van der Waals surface area (Å²) in [5.41, 5.74) is 0.978. The van der Waals surface area contributed by atoms with Gasteiger partial charge in [-0.15, -0.1) is 0 Å². The summed E-state index contributed by atoms with van der Waals surface area (Å²) in [5, 5.41) is 17.3. The smallest absolute Gasteiger partial charge is 0.307 e. The van der Waals surface area contributed by atoms with Crippen LogP contribution in [-0.4, -0.2) is 11.1 Å². The molecule has 0 radical (unpaired) electrons. The number of carboxylic acid groups (broad SMARTS) is 1. The number of benzene rings is 2.